The molecule has 0 atom stereocenters. The molecule has 0 aliphatic carbocycles. The third-order valence-corrected chi connectivity index (χ3v) is 5.89. The molecule has 2 amide bonds. The van der Waals surface area contributed by atoms with Gasteiger partial charge < -0.3 is 9.50 Å². The van der Waals surface area contributed by atoms with Crippen LogP contribution in [0.15, 0.2) is 76.7 Å². The molecule has 3 aromatic rings. The van der Waals surface area contributed by atoms with Gasteiger partial charge in [-0.15, -0.1) is 0 Å². The van der Waals surface area contributed by atoms with Crippen molar-refractivity contribution < 1.29 is 22.2 Å². The molecule has 0 spiro atoms. The number of halogens is 2. The lowest BCUT2D eigenvalue weighted by molar-refractivity contribution is -0.114. The number of hydrazone groups is 1. The fraction of sp³-hybridized carbons (Fsp3) is 0.0455. The summed E-state index contributed by atoms with van der Waals surface area (Å²) in [5.74, 6) is -0.754. The minimum absolute atomic E-state index is 0.0527. The van der Waals surface area contributed by atoms with E-state index >= 15 is 0 Å². The van der Waals surface area contributed by atoms with Crippen molar-refractivity contribution in [2.24, 2.45) is 5.10 Å². The maximum absolute atomic E-state index is 12.5. The van der Waals surface area contributed by atoms with Crippen molar-refractivity contribution in [3.8, 4) is 5.75 Å². The number of amides is 2. The minimum Gasteiger partial charge on any atom is -0.379 e. The van der Waals surface area contributed by atoms with Crippen LogP contribution in [0.2, 0.25) is 10.0 Å². The van der Waals surface area contributed by atoms with Crippen LogP contribution in [0.5, 0.6) is 5.75 Å². The predicted molar refractivity (Wildman–Crippen MR) is 127 cm³/mol. The lowest BCUT2D eigenvalue weighted by atomic mass is 10.2. The van der Waals surface area contributed by atoms with E-state index in [-0.39, 0.29) is 27.1 Å². The summed E-state index contributed by atoms with van der Waals surface area (Å²) in [5, 5.41) is 6.99. The molecule has 11 heteroatoms. The van der Waals surface area contributed by atoms with E-state index in [0.717, 1.165) is 0 Å². The smallest absolute Gasteiger partial charge is 0.339 e. The van der Waals surface area contributed by atoms with Gasteiger partial charge in [0.1, 0.15) is 10.6 Å². The molecule has 8 nitrogen and oxygen atoms in total. The maximum Gasteiger partial charge on any atom is 0.339 e. The maximum atomic E-state index is 12.5. The molecular weight excluding hydrogens is 489 g/mol. The number of benzene rings is 3. The molecule has 170 valence electrons. The SMILES string of the molecule is CC(=O)Nc1ccc(S(=O)(=O)Oc2cccc(/C=N\NC(=O)c3ccc(Cl)cc3Cl)c2)cc1. The third kappa shape index (κ3) is 6.79. The quantitative estimate of drug-likeness (QED) is 0.279. The van der Waals surface area contributed by atoms with Gasteiger partial charge in [0.05, 0.1) is 16.8 Å². The van der Waals surface area contributed by atoms with Crippen molar-refractivity contribution in [3.63, 3.8) is 0 Å². The summed E-state index contributed by atoms with van der Waals surface area (Å²) in [6, 6.07) is 16.1. The van der Waals surface area contributed by atoms with Crippen LogP contribution in [-0.2, 0) is 14.9 Å². The molecule has 0 aliphatic heterocycles. The Labute approximate surface area is 200 Å². The molecule has 0 aromatic heterocycles. The summed E-state index contributed by atoms with van der Waals surface area (Å²) in [5.41, 5.74) is 3.47. The van der Waals surface area contributed by atoms with E-state index in [2.05, 4.69) is 15.8 Å². The molecule has 0 unspecified atom stereocenters. The molecule has 0 heterocycles. The molecule has 0 radical (unpaired) electrons. The van der Waals surface area contributed by atoms with Crippen LogP contribution >= 0.6 is 23.2 Å². The second-order valence-corrected chi connectivity index (χ2v) is 9.03. The Morgan fingerprint density at radius 3 is 2.39 bits per heavy atom. The zero-order valence-corrected chi connectivity index (χ0v) is 19.4. The topological polar surface area (TPSA) is 114 Å². The van der Waals surface area contributed by atoms with Gasteiger partial charge in [-0.3, -0.25) is 9.59 Å². The Kier molecular flexibility index (Phi) is 7.70. The fourth-order valence-corrected chi connectivity index (χ4v) is 4.05. The molecular formula is C22H17Cl2N3O5S. The molecule has 0 aliphatic rings. The highest BCUT2D eigenvalue weighted by Crippen LogP contribution is 2.22. The second-order valence-electron chi connectivity index (χ2n) is 6.64. The predicted octanol–water partition coefficient (Wildman–Crippen LogP) is 4.48. The first kappa shape index (κ1) is 24.2. The number of hydrogen-bond donors (Lipinski definition) is 2. The summed E-state index contributed by atoms with van der Waals surface area (Å²) < 4.78 is 30.3. The van der Waals surface area contributed by atoms with Crippen LogP contribution in [0, 0.1) is 0 Å². The van der Waals surface area contributed by atoms with Gasteiger partial charge in [0.2, 0.25) is 5.91 Å². The Hall–Kier alpha value is -3.40. The Morgan fingerprint density at radius 2 is 1.73 bits per heavy atom. The van der Waals surface area contributed by atoms with E-state index in [1.54, 1.807) is 12.1 Å². The van der Waals surface area contributed by atoms with Gasteiger partial charge in [-0.2, -0.15) is 13.5 Å². The van der Waals surface area contributed by atoms with Crippen LogP contribution in [0.3, 0.4) is 0 Å². The summed E-state index contributed by atoms with van der Waals surface area (Å²) >= 11 is 11.8. The Morgan fingerprint density at radius 1 is 1.00 bits per heavy atom. The van der Waals surface area contributed by atoms with E-state index in [4.69, 9.17) is 27.4 Å². The third-order valence-electron chi connectivity index (χ3n) is 4.08. The van der Waals surface area contributed by atoms with Gasteiger partial charge in [0, 0.05) is 17.6 Å². The van der Waals surface area contributed by atoms with Gasteiger partial charge >= 0.3 is 10.1 Å². The molecule has 0 saturated carbocycles. The highest BCUT2D eigenvalue weighted by molar-refractivity contribution is 7.87. The lowest BCUT2D eigenvalue weighted by Gasteiger charge is -2.08. The highest BCUT2D eigenvalue weighted by Gasteiger charge is 2.17. The average molecular weight is 506 g/mol. The molecule has 2 N–H and O–H groups in total. The van der Waals surface area contributed by atoms with E-state index in [1.165, 1.54) is 67.7 Å². The number of rotatable bonds is 7. The van der Waals surface area contributed by atoms with Crippen LogP contribution in [0.1, 0.15) is 22.8 Å². The minimum atomic E-state index is -4.11. The van der Waals surface area contributed by atoms with Crippen LogP contribution in [0.4, 0.5) is 5.69 Å². The van der Waals surface area contributed by atoms with Gasteiger partial charge in [0.25, 0.3) is 5.91 Å². The summed E-state index contributed by atoms with van der Waals surface area (Å²) in [7, 11) is -4.11. The first-order valence-corrected chi connectivity index (χ1v) is 11.5. The summed E-state index contributed by atoms with van der Waals surface area (Å²) in [6.07, 6.45) is 1.32. The number of carbonyl (C=O) groups excluding carboxylic acids is 2. The molecule has 3 rings (SSSR count). The first-order chi connectivity index (χ1) is 15.6. The molecule has 0 saturated heterocycles. The van der Waals surface area contributed by atoms with E-state index in [9.17, 15) is 18.0 Å². The zero-order valence-electron chi connectivity index (χ0n) is 17.1. The Bertz CT molecular complexity index is 1330. The largest absolute Gasteiger partial charge is 0.379 e. The van der Waals surface area contributed by atoms with Crippen molar-refractivity contribution >= 4 is 57.0 Å². The van der Waals surface area contributed by atoms with Crippen molar-refractivity contribution in [3.05, 3.63) is 87.9 Å². The van der Waals surface area contributed by atoms with Crippen molar-refractivity contribution in [2.45, 2.75) is 11.8 Å². The zero-order chi connectivity index (χ0) is 24.0. The molecule has 0 bridgehead atoms. The number of hydrogen-bond acceptors (Lipinski definition) is 6. The van der Waals surface area contributed by atoms with Crippen molar-refractivity contribution in [1.82, 2.24) is 5.43 Å². The highest BCUT2D eigenvalue weighted by atomic mass is 35.5. The van der Waals surface area contributed by atoms with Crippen molar-refractivity contribution in [2.75, 3.05) is 5.32 Å². The van der Waals surface area contributed by atoms with E-state index < -0.39 is 16.0 Å². The molecule has 33 heavy (non-hydrogen) atoms. The van der Waals surface area contributed by atoms with Crippen LogP contribution in [-0.4, -0.2) is 26.4 Å². The fourth-order valence-electron chi connectivity index (χ4n) is 2.63. The standard InChI is InChI=1S/C22H17Cl2N3O5S/c1-14(28)26-17-6-8-19(9-7-17)33(30,31)32-18-4-2-3-15(11-18)13-25-27-22(29)20-10-5-16(23)12-21(20)24/h2-13H,1H3,(H,26,28)(H,27,29)/b25-13-. The van der Waals surface area contributed by atoms with E-state index in [0.29, 0.717) is 16.3 Å². The average Bonchev–Trinajstić information content (AvgIpc) is 2.73. The van der Waals surface area contributed by atoms with E-state index in [1.807, 2.05) is 0 Å². The number of nitrogens with one attached hydrogen (secondary N) is 2. The van der Waals surface area contributed by atoms with Crippen LogP contribution in [0.25, 0.3) is 0 Å². The monoisotopic (exact) mass is 505 g/mol. The van der Waals surface area contributed by atoms with Gasteiger partial charge in [-0.25, -0.2) is 5.43 Å². The first-order valence-electron chi connectivity index (χ1n) is 9.35. The van der Waals surface area contributed by atoms with Gasteiger partial charge in [-0.05, 0) is 60.2 Å². The summed E-state index contributed by atoms with van der Waals surface area (Å²) in [4.78, 5) is 23.2. The Balaban J connectivity index is 1.67. The lowest BCUT2D eigenvalue weighted by Crippen LogP contribution is -2.18. The van der Waals surface area contributed by atoms with Crippen LogP contribution < -0.4 is 14.9 Å². The molecule has 3 aromatic carbocycles. The van der Waals surface area contributed by atoms with Gasteiger partial charge in [0.15, 0.2) is 0 Å². The number of carbonyl (C=O) groups is 2. The van der Waals surface area contributed by atoms with Crippen molar-refractivity contribution in [1.29, 1.82) is 0 Å². The van der Waals surface area contributed by atoms with Gasteiger partial charge in [-0.1, -0.05) is 35.3 Å². The number of anilines is 1. The second kappa shape index (κ2) is 10.5. The summed E-state index contributed by atoms with van der Waals surface area (Å²) in [6.45, 7) is 1.35. The normalized spacial score (nSPS) is 11.2. The molecule has 0 fully saturated rings. The number of nitrogens with zero attached hydrogens (tertiary/aromatic N) is 1.